The van der Waals surface area contributed by atoms with Gasteiger partial charge < -0.3 is 15.8 Å². The van der Waals surface area contributed by atoms with Crippen molar-refractivity contribution in [3.05, 3.63) is 24.3 Å². The zero-order valence-electron chi connectivity index (χ0n) is 8.61. The van der Waals surface area contributed by atoms with E-state index in [4.69, 9.17) is 10.5 Å². The molecule has 0 aliphatic carbocycles. The molecule has 1 fully saturated rings. The molecule has 0 aromatic heterocycles. The van der Waals surface area contributed by atoms with Crippen LogP contribution >= 0.6 is 12.4 Å². The number of anilines is 1. The van der Waals surface area contributed by atoms with E-state index in [1.165, 1.54) is 0 Å². The van der Waals surface area contributed by atoms with E-state index >= 15 is 0 Å². The first kappa shape index (κ1) is 12.1. The van der Waals surface area contributed by atoms with Crippen LogP contribution in [0.4, 0.5) is 5.69 Å². The number of nitrogens with two attached hydrogens (primary N) is 1. The number of nitrogen functional groups attached to an aromatic ring is 1. The summed E-state index contributed by atoms with van der Waals surface area (Å²) in [6.07, 6.45) is 2.50. The molecule has 1 aromatic rings. The molecule has 15 heavy (non-hydrogen) atoms. The van der Waals surface area contributed by atoms with Crippen molar-refractivity contribution in [1.29, 1.82) is 0 Å². The number of benzene rings is 1. The number of ether oxygens (including phenoxy) is 1. The Morgan fingerprint density at radius 1 is 1.27 bits per heavy atom. The predicted molar refractivity (Wildman–Crippen MR) is 64.6 cm³/mol. The molecule has 1 saturated heterocycles. The Morgan fingerprint density at radius 2 is 2.00 bits per heavy atom. The molecule has 1 aliphatic heterocycles. The molecule has 84 valence electrons. The topological polar surface area (TPSA) is 47.3 Å². The van der Waals surface area contributed by atoms with Crippen LogP contribution < -0.4 is 15.8 Å². The Morgan fingerprint density at radius 3 is 2.67 bits per heavy atom. The van der Waals surface area contributed by atoms with Crippen LogP contribution in [0.2, 0.25) is 0 Å². The summed E-state index contributed by atoms with van der Waals surface area (Å²) in [7, 11) is 0. The molecule has 1 aromatic carbocycles. The minimum absolute atomic E-state index is 0. The van der Waals surface area contributed by atoms with E-state index in [2.05, 4.69) is 5.32 Å². The van der Waals surface area contributed by atoms with Gasteiger partial charge in [-0.25, -0.2) is 0 Å². The lowest BCUT2D eigenvalue weighted by Crippen LogP contribution is -2.34. The van der Waals surface area contributed by atoms with Gasteiger partial charge in [-0.15, -0.1) is 12.4 Å². The second kappa shape index (κ2) is 5.83. The first-order valence-electron chi connectivity index (χ1n) is 5.07. The smallest absolute Gasteiger partial charge is 0.121 e. The molecule has 1 aliphatic rings. The van der Waals surface area contributed by atoms with E-state index in [0.29, 0.717) is 6.10 Å². The first-order chi connectivity index (χ1) is 6.84. The number of hydrogen-bond donors (Lipinski definition) is 2. The van der Waals surface area contributed by atoms with Gasteiger partial charge in [0, 0.05) is 11.8 Å². The van der Waals surface area contributed by atoms with Gasteiger partial charge in [0.25, 0.3) is 0 Å². The van der Waals surface area contributed by atoms with Crippen molar-refractivity contribution in [2.24, 2.45) is 0 Å². The van der Waals surface area contributed by atoms with Crippen LogP contribution in [0.25, 0.3) is 0 Å². The highest BCUT2D eigenvalue weighted by atomic mass is 35.5. The van der Waals surface area contributed by atoms with Crippen LogP contribution in [-0.2, 0) is 0 Å². The Hall–Kier alpha value is -0.930. The van der Waals surface area contributed by atoms with Gasteiger partial charge in [0.2, 0.25) is 0 Å². The molecule has 0 atom stereocenters. The zero-order valence-corrected chi connectivity index (χ0v) is 9.43. The highest BCUT2D eigenvalue weighted by molar-refractivity contribution is 5.85. The molecule has 4 heteroatoms. The van der Waals surface area contributed by atoms with Gasteiger partial charge in [-0.05, 0) is 38.1 Å². The molecule has 3 nitrogen and oxygen atoms in total. The molecule has 3 N–H and O–H groups in total. The summed E-state index contributed by atoms with van der Waals surface area (Å²) in [4.78, 5) is 0. The van der Waals surface area contributed by atoms with Crippen molar-refractivity contribution < 1.29 is 4.74 Å². The molecular weight excluding hydrogens is 212 g/mol. The summed E-state index contributed by atoms with van der Waals surface area (Å²) in [6, 6.07) is 7.63. The Labute approximate surface area is 96.4 Å². The van der Waals surface area contributed by atoms with Gasteiger partial charge in [0.1, 0.15) is 11.9 Å². The maximum atomic E-state index is 5.82. The first-order valence-corrected chi connectivity index (χ1v) is 5.07. The van der Waals surface area contributed by atoms with Crippen molar-refractivity contribution >= 4 is 18.1 Å². The summed E-state index contributed by atoms with van der Waals surface area (Å²) in [5.74, 6) is 0.886. The molecule has 0 bridgehead atoms. The quantitative estimate of drug-likeness (QED) is 0.760. The van der Waals surface area contributed by atoms with E-state index in [1.54, 1.807) is 0 Å². The molecule has 2 rings (SSSR count). The average molecular weight is 229 g/mol. The van der Waals surface area contributed by atoms with Crippen molar-refractivity contribution in [2.75, 3.05) is 18.8 Å². The number of nitrogens with one attached hydrogen (secondary N) is 1. The number of rotatable bonds is 2. The summed E-state index contributed by atoms with van der Waals surface area (Å²) in [5, 5.41) is 3.31. The lowest BCUT2D eigenvalue weighted by atomic mass is 10.1. The van der Waals surface area contributed by atoms with Gasteiger partial charge >= 0.3 is 0 Å². The van der Waals surface area contributed by atoms with Crippen molar-refractivity contribution in [3.8, 4) is 5.75 Å². The normalized spacial score (nSPS) is 16.8. The van der Waals surface area contributed by atoms with Crippen molar-refractivity contribution in [3.63, 3.8) is 0 Å². The highest BCUT2D eigenvalue weighted by Crippen LogP contribution is 2.18. The van der Waals surface area contributed by atoms with Gasteiger partial charge in [-0.3, -0.25) is 0 Å². The predicted octanol–water partition coefficient (Wildman–Crippen LogP) is 1.82. The Balaban J connectivity index is 0.00000112. The van der Waals surface area contributed by atoms with Gasteiger partial charge in [0.05, 0.1) is 0 Å². The lowest BCUT2D eigenvalue weighted by Gasteiger charge is -2.23. The average Bonchev–Trinajstić information content (AvgIpc) is 2.19. The van der Waals surface area contributed by atoms with E-state index < -0.39 is 0 Å². The molecule has 0 amide bonds. The Kier molecular flexibility index (Phi) is 4.72. The maximum absolute atomic E-state index is 5.82. The summed E-state index contributed by atoms with van der Waals surface area (Å²) in [6.45, 7) is 2.10. The highest BCUT2D eigenvalue weighted by Gasteiger charge is 2.13. The van der Waals surface area contributed by atoms with Gasteiger partial charge in [-0.1, -0.05) is 6.07 Å². The van der Waals surface area contributed by atoms with E-state index in [0.717, 1.165) is 37.4 Å². The van der Waals surface area contributed by atoms with Gasteiger partial charge in [-0.2, -0.15) is 0 Å². The second-order valence-corrected chi connectivity index (χ2v) is 3.64. The summed E-state index contributed by atoms with van der Waals surface area (Å²) in [5.41, 5.74) is 6.43. The fraction of sp³-hybridized carbons (Fsp3) is 0.455. The van der Waals surface area contributed by atoms with Crippen LogP contribution in [0.3, 0.4) is 0 Å². The summed E-state index contributed by atoms with van der Waals surface area (Å²) >= 11 is 0. The van der Waals surface area contributed by atoms with Crippen molar-refractivity contribution in [1.82, 2.24) is 5.32 Å². The molecular formula is C11H17ClN2O. The monoisotopic (exact) mass is 228 g/mol. The fourth-order valence-electron chi connectivity index (χ4n) is 1.69. The number of piperidine rings is 1. The van der Waals surface area contributed by atoms with Crippen molar-refractivity contribution in [2.45, 2.75) is 18.9 Å². The molecule has 1 heterocycles. The fourth-order valence-corrected chi connectivity index (χ4v) is 1.69. The second-order valence-electron chi connectivity index (χ2n) is 3.64. The molecule has 0 unspecified atom stereocenters. The Bertz CT molecular complexity index is 300. The maximum Gasteiger partial charge on any atom is 0.121 e. The molecule has 0 saturated carbocycles. The minimum atomic E-state index is 0. The third-order valence-electron chi connectivity index (χ3n) is 2.45. The molecule has 0 spiro atoms. The lowest BCUT2D eigenvalue weighted by molar-refractivity contribution is 0.162. The largest absolute Gasteiger partial charge is 0.490 e. The van der Waals surface area contributed by atoms with E-state index in [1.807, 2.05) is 24.3 Å². The van der Waals surface area contributed by atoms with Gasteiger partial charge in [0.15, 0.2) is 0 Å². The van der Waals surface area contributed by atoms with Crippen LogP contribution in [0, 0.1) is 0 Å². The standard InChI is InChI=1S/C11H16N2O.ClH/c12-9-2-1-3-11(8-9)14-10-4-6-13-7-5-10;/h1-3,8,10,13H,4-7,12H2;1H. The van der Waals surface area contributed by atoms with E-state index in [9.17, 15) is 0 Å². The van der Waals surface area contributed by atoms with Crippen LogP contribution in [-0.4, -0.2) is 19.2 Å². The minimum Gasteiger partial charge on any atom is -0.490 e. The number of hydrogen-bond acceptors (Lipinski definition) is 3. The van der Waals surface area contributed by atoms with Crippen LogP contribution in [0.5, 0.6) is 5.75 Å². The third kappa shape index (κ3) is 3.61. The van der Waals surface area contributed by atoms with Crippen LogP contribution in [0.1, 0.15) is 12.8 Å². The zero-order chi connectivity index (χ0) is 9.80. The van der Waals surface area contributed by atoms with Crippen LogP contribution in [0.15, 0.2) is 24.3 Å². The third-order valence-corrected chi connectivity index (χ3v) is 2.45. The SMILES string of the molecule is Cl.Nc1cccc(OC2CCNCC2)c1. The number of halogens is 1. The summed E-state index contributed by atoms with van der Waals surface area (Å²) < 4.78 is 5.82. The van der Waals surface area contributed by atoms with E-state index in [-0.39, 0.29) is 12.4 Å². The molecule has 0 radical (unpaired) electrons.